The van der Waals surface area contributed by atoms with Gasteiger partial charge in [-0.1, -0.05) is 31.9 Å². The summed E-state index contributed by atoms with van der Waals surface area (Å²) in [6.45, 7) is 4.06. The highest BCUT2D eigenvalue weighted by molar-refractivity contribution is 5.89. The van der Waals surface area contributed by atoms with Gasteiger partial charge in [-0.25, -0.2) is 4.79 Å². The van der Waals surface area contributed by atoms with Crippen molar-refractivity contribution in [1.82, 2.24) is 0 Å². The van der Waals surface area contributed by atoms with Crippen LogP contribution in [0, 0.1) is 6.07 Å². The van der Waals surface area contributed by atoms with Crippen molar-refractivity contribution in [2.24, 2.45) is 0 Å². The van der Waals surface area contributed by atoms with Crippen molar-refractivity contribution < 1.29 is 9.53 Å². The first kappa shape index (κ1) is 11.8. The van der Waals surface area contributed by atoms with Crippen molar-refractivity contribution in [3.63, 3.8) is 0 Å². The van der Waals surface area contributed by atoms with Gasteiger partial charge in [0.25, 0.3) is 0 Å². The van der Waals surface area contributed by atoms with E-state index in [0.717, 1.165) is 19.3 Å². The van der Waals surface area contributed by atoms with Gasteiger partial charge in [0.2, 0.25) is 0 Å². The molecule has 0 aliphatic rings. The standard InChI is InChI=1S/C13H17O2/c1-3-4-8-11(2)15-13(14)12-9-6-5-7-10-12/h6-7,9-11H,3-4,8H2,1-2H3. The summed E-state index contributed by atoms with van der Waals surface area (Å²) >= 11 is 0. The second-order valence-corrected chi connectivity index (χ2v) is 3.65. The van der Waals surface area contributed by atoms with E-state index in [1.807, 2.05) is 6.92 Å². The lowest BCUT2D eigenvalue weighted by molar-refractivity contribution is 0.0320. The van der Waals surface area contributed by atoms with E-state index < -0.39 is 0 Å². The molecule has 0 heterocycles. The molecule has 0 N–H and O–H groups in total. The molecule has 1 rings (SSSR count). The monoisotopic (exact) mass is 205 g/mol. The van der Waals surface area contributed by atoms with Gasteiger partial charge < -0.3 is 4.74 Å². The predicted molar refractivity (Wildman–Crippen MR) is 59.7 cm³/mol. The van der Waals surface area contributed by atoms with Crippen LogP contribution in [0.3, 0.4) is 0 Å². The van der Waals surface area contributed by atoms with E-state index in [1.165, 1.54) is 0 Å². The smallest absolute Gasteiger partial charge is 0.338 e. The summed E-state index contributed by atoms with van der Waals surface area (Å²) in [7, 11) is 0. The molecule has 0 amide bonds. The Morgan fingerprint density at radius 2 is 2.13 bits per heavy atom. The molecular formula is C13H17O2. The molecule has 1 aromatic rings. The van der Waals surface area contributed by atoms with E-state index >= 15 is 0 Å². The topological polar surface area (TPSA) is 26.3 Å². The second-order valence-electron chi connectivity index (χ2n) is 3.65. The average Bonchev–Trinajstić information content (AvgIpc) is 2.27. The minimum atomic E-state index is -0.243. The summed E-state index contributed by atoms with van der Waals surface area (Å²) in [5.74, 6) is -0.243. The molecule has 0 saturated carbocycles. The predicted octanol–water partition coefficient (Wildman–Crippen LogP) is 3.22. The van der Waals surface area contributed by atoms with E-state index in [9.17, 15) is 4.79 Å². The zero-order valence-electron chi connectivity index (χ0n) is 9.32. The van der Waals surface area contributed by atoms with Gasteiger partial charge in [0, 0.05) is 0 Å². The van der Waals surface area contributed by atoms with Gasteiger partial charge in [0.05, 0.1) is 11.7 Å². The first-order chi connectivity index (χ1) is 7.24. The molecule has 1 atom stereocenters. The number of carbonyl (C=O) groups is 1. The third-order valence-corrected chi connectivity index (χ3v) is 2.23. The van der Waals surface area contributed by atoms with Crippen molar-refractivity contribution in [1.29, 1.82) is 0 Å². The van der Waals surface area contributed by atoms with E-state index in [2.05, 4.69) is 13.0 Å². The molecule has 1 aromatic carbocycles. The van der Waals surface area contributed by atoms with Crippen LogP contribution in [0.1, 0.15) is 43.5 Å². The second kappa shape index (κ2) is 6.23. The summed E-state index contributed by atoms with van der Waals surface area (Å²) in [6.07, 6.45) is 3.15. The summed E-state index contributed by atoms with van der Waals surface area (Å²) in [5.41, 5.74) is 0.595. The third kappa shape index (κ3) is 4.15. The molecule has 0 aliphatic heterocycles. The first-order valence-corrected chi connectivity index (χ1v) is 5.41. The van der Waals surface area contributed by atoms with Crippen LogP contribution in [-0.2, 0) is 4.74 Å². The summed E-state index contributed by atoms with van der Waals surface area (Å²) in [6, 6.07) is 9.73. The Morgan fingerprint density at radius 3 is 2.73 bits per heavy atom. The number of benzene rings is 1. The minimum Gasteiger partial charge on any atom is -0.459 e. The maximum absolute atomic E-state index is 11.6. The number of esters is 1. The van der Waals surface area contributed by atoms with Crippen molar-refractivity contribution in [2.45, 2.75) is 39.2 Å². The number of hydrogen-bond donors (Lipinski definition) is 0. The molecule has 0 spiro atoms. The molecule has 0 saturated heterocycles. The fraction of sp³-hybridized carbons (Fsp3) is 0.462. The fourth-order valence-electron chi connectivity index (χ4n) is 1.32. The van der Waals surface area contributed by atoms with Gasteiger partial charge >= 0.3 is 5.97 Å². The van der Waals surface area contributed by atoms with Crippen molar-refractivity contribution >= 4 is 5.97 Å². The Morgan fingerprint density at radius 1 is 1.47 bits per heavy atom. The molecule has 1 radical (unpaired) electrons. The quantitative estimate of drug-likeness (QED) is 0.690. The lowest BCUT2D eigenvalue weighted by Crippen LogP contribution is -2.14. The van der Waals surface area contributed by atoms with E-state index in [1.54, 1.807) is 24.3 Å². The van der Waals surface area contributed by atoms with Crippen LogP contribution in [0.15, 0.2) is 24.3 Å². The first-order valence-electron chi connectivity index (χ1n) is 5.41. The Balaban J connectivity index is 2.42. The Bertz CT molecular complexity index is 293. The molecule has 0 fully saturated rings. The summed E-state index contributed by atoms with van der Waals surface area (Å²) in [5, 5.41) is 0. The van der Waals surface area contributed by atoms with Crippen LogP contribution in [0.4, 0.5) is 0 Å². The average molecular weight is 205 g/mol. The molecular weight excluding hydrogens is 188 g/mol. The van der Waals surface area contributed by atoms with Crippen LogP contribution in [0.25, 0.3) is 0 Å². The van der Waals surface area contributed by atoms with Crippen LogP contribution in [0.2, 0.25) is 0 Å². The SMILES string of the molecule is CCCCC(C)OC(=O)c1cc[c]cc1. The van der Waals surface area contributed by atoms with Gasteiger partial charge in [-0.05, 0) is 31.5 Å². The van der Waals surface area contributed by atoms with Crippen LogP contribution >= 0.6 is 0 Å². The van der Waals surface area contributed by atoms with Crippen molar-refractivity contribution in [3.05, 3.63) is 35.9 Å². The van der Waals surface area contributed by atoms with Gasteiger partial charge in [-0.15, -0.1) is 0 Å². The highest BCUT2D eigenvalue weighted by Crippen LogP contribution is 2.08. The van der Waals surface area contributed by atoms with Crippen LogP contribution in [-0.4, -0.2) is 12.1 Å². The molecule has 2 nitrogen and oxygen atoms in total. The van der Waals surface area contributed by atoms with Gasteiger partial charge in [-0.3, -0.25) is 0 Å². The Hall–Kier alpha value is -1.31. The fourth-order valence-corrected chi connectivity index (χ4v) is 1.32. The maximum atomic E-state index is 11.6. The Labute approximate surface area is 91.3 Å². The summed E-state index contributed by atoms with van der Waals surface area (Å²) < 4.78 is 5.29. The lowest BCUT2D eigenvalue weighted by atomic mass is 10.2. The van der Waals surface area contributed by atoms with Gasteiger partial charge in [0.15, 0.2) is 0 Å². The molecule has 0 aliphatic carbocycles. The molecule has 1 unspecified atom stereocenters. The van der Waals surface area contributed by atoms with Crippen LogP contribution < -0.4 is 0 Å². The summed E-state index contributed by atoms with van der Waals surface area (Å²) in [4.78, 5) is 11.6. The lowest BCUT2D eigenvalue weighted by Gasteiger charge is -2.12. The Kier molecular flexibility index (Phi) is 4.88. The third-order valence-electron chi connectivity index (χ3n) is 2.23. The van der Waals surface area contributed by atoms with Gasteiger partial charge in [0.1, 0.15) is 0 Å². The number of unbranched alkanes of at least 4 members (excludes halogenated alkanes) is 1. The maximum Gasteiger partial charge on any atom is 0.338 e. The van der Waals surface area contributed by atoms with E-state index in [4.69, 9.17) is 4.74 Å². The number of rotatable bonds is 5. The zero-order chi connectivity index (χ0) is 11.1. The van der Waals surface area contributed by atoms with Gasteiger partial charge in [-0.2, -0.15) is 0 Å². The highest BCUT2D eigenvalue weighted by Gasteiger charge is 2.10. The van der Waals surface area contributed by atoms with Crippen molar-refractivity contribution in [3.8, 4) is 0 Å². The van der Waals surface area contributed by atoms with Crippen molar-refractivity contribution in [2.75, 3.05) is 0 Å². The number of ether oxygens (including phenoxy) is 1. The molecule has 0 aromatic heterocycles. The zero-order valence-corrected chi connectivity index (χ0v) is 9.32. The van der Waals surface area contributed by atoms with E-state index in [0.29, 0.717) is 5.56 Å². The number of hydrogen-bond acceptors (Lipinski definition) is 2. The molecule has 2 heteroatoms. The minimum absolute atomic E-state index is 0.00151. The molecule has 81 valence electrons. The molecule has 15 heavy (non-hydrogen) atoms. The number of carbonyl (C=O) groups excluding carboxylic acids is 1. The normalized spacial score (nSPS) is 12.1. The van der Waals surface area contributed by atoms with Crippen LogP contribution in [0.5, 0.6) is 0 Å². The highest BCUT2D eigenvalue weighted by atomic mass is 16.5. The van der Waals surface area contributed by atoms with E-state index in [-0.39, 0.29) is 12.1 Å². The largest absolute Gasteiger partial charge is 0.459 e. The molecule has 0 bridgehead atoms.